The summed E-state index contributed by atoms with van der Waals surface area (Å²) < 4.78 is 0. The fourth-order valence-corrected chi connectivity index (χ4v) is 2.06. The summed E-state index contributed by atoms with van der Waals surface area (Å²) in [7, 11) is 0. The van der Waals surface area contributed by atoms with E-state index in [1.54, 1.807) is 4.90 Å². The van der Waals surface area contributed by atoms with Gasteiger partial charge in [0.15, 0.2) is 0 Å². The van der Waals surface area contributed by atoms with Crippen LogP contribution in [-0.2, 0) is 14.4 Å². The van der Waals surface area contributed by atoms with Gasteiger partial charge in [0.2, 0.25) is 11.8 Å². The molecule has 2 amide bonds. The Bertz CT molecular complexity index is 405. The fraction of sp³-hybridized carbons (Fsp3) is 0.615. The fourth-order valence-electron chi connectivity index (χ4n) is 2.06. The molecule has 0 aromatic heterocycles. The van der Waals surface area contributed by atoms with Crippen LogP contribution in [0.25, 0.3) is 0 Å². The minimum absolute atomic E-state index is 0.00500. The van der Waals surface area contributed by atoms with Crippen LogP contribution in [0.4, 0.5) is 0 Å². The third kappa shape index (κ3) is 4.28. The van der Waals surface area contributed by atoms with Crippen LogP contribution in [0.1, 0.15) is 26.2 Å². The first-order valence-electron chi connectivity index (χ1n) is 6.18. The molecule has 1 atom stereocenters. The number of terminal acetylenes is 1. The summed E-state index contributed by atoms with van der Waals surface area (Å²) in [6.45, 7) is 2.55. The molecule has 6 heteroatoms. The average Bonchev–Trinajstić information content (AvgIpc) is 2.38. The highest BCUT2D eigenvalue weighted by atomic mass is 16.4. The van der Waals surface area contributed by atoms with Crippen LogP contribution in [-0.4, -0.2) is 46.9 Å². The largest absolute Gasteiger partial charge is 0.480 e. The third-order valence-electron chi connectivity index (χ3n) is 3.25. The lowest BCUT2D eigenvalue weighted by Gasteiger charge is -2.31. The van der Waals surface area contributed by atoms with Gasteiger partial charge in [-0.1, -0.05) is 0 Å². The van der Waals surface area contributed by atoms with Gasteiger partial charge >= 0.3 is 5.97 Å². The van der Waals surface area contributed by atoms with E-state index in [4.69, 9.17) is 11.5 Å². The van der Waals surface area contributed by atoms with Crippen LogP contribution in [0.3, 0.4) is 0 Å². The Balaban J connectivity index is 2.49. The standard InChI is InChI=1S/C13H18N2O4/c1-3-4-11(13(18)19)14-12(17)10-5-7-15(8-6-10)9(2)16/h1,10-11H,4-8H2,2H3,(H,14,17)(H,18,19). The Labute approximate surface area is 112 Å². The zero-order valence-corrected chi connectivity index (χ0v) is 10.9. The number of nitrogens with one attached hydrogen (secondary N) is 1. The predicted octanol–water partition coefficient (Wildman–Crippen LogP) is -0.162. The molecule has 1 rings (SSSR count). The maximum absolute atomic E-state index is 11.9. The molecule has 0 radical (unpaired) electrons. The topological polar surface area (TPSA) is 86.7 Å². The van der Waals surface area contributed by atoms with Gasteiger partial charge in [-0.2, -0.15) is 0 Å². The number of nitrogens with zero attached hydrogens (tertiary/aromatic N) is 1. The average molecular weight is 266 g/mol. The molecule has 104 valence electrons. The second kappa shape index (κ2) is 6.78. The summed E-state index contributed by atoms with van der Waals surface area (Å²) in [5.41, 5.74) is 0. The minimum atomic E-state index is -1.13. The zero-order chi connectivity index (χ0) is 14.4. The summed E-state index contributed by atoms with van der Waals surface area (Å²) >= 11 is 0. The Morgan fingerprint density at radius 1 is 1.42 bits per heavy atom. The van der Waals surface area contributed by atoms with Crippen molar-refractivity contribution in [3.63, 3.8) is 0 Å². The van der Waals surface area contributed by atoms with E-state index in [0.29, 0.717) is 25.9 Å². The molecule has 1 saturated heterocycles. The Morgan fingerprint density at radius 3 is 2.42 bits per heavy atom. The van der Waals surface area contributed by atoms with Crippen molar-refractivity contribution in [2.75, 3.05) is 13.1 Å². The summed E-state index contributed by atoms with van der Waals surface area (Å²) in [6, 6.07) is -1.04. The molecule has 6 nitrogen and oxygen atoms in total. The molecule has 0 spiro atoms. The number of rotatable bonds is 4. The monoisotopic (exact) mass is 266 g/mol. The summed E-state index contributed by atoms with van der Waals surface area (Å²) in [5, 5.41) is 11.4. The van der Waals surface area contributed by atoms with Crippen LogP contribution >= 0.6 is 0 Å². The van der Waals surface area contributed by atoms with E-state index >= 15 is 0 Å². The number of amides is 2. The maximum atomic E-state index is 11.9. The molecular formula is C13H18N2O4. The molecule has 19 heavy (non-hydrogen) atoms. The van der Waals surface area contributed by atoms with Gasteiger partial charge in [0.05, 0.1) is 0 Å². The van der Waals surface area contributed by atoms with Gasteiger partial charge in [-0.05, 0) is 12.8 Å². The lowest BCUT2D eigenvalue weighted by molar-refractivity contribution is -0.142. The Kier molecular flexibility index (Phi) is 5.37. The van der Waals surface area contributed by atoms with E-state index in [1.165, 1.54) is 6.92 Å². The van der Waals surface area contributed by atoms with Gasteiger partial charge < -0.3 is 15.3 Å². The van der Waals surface area contributed by atoms with Crippen LogP contribution in [0.5, 0.6) is 0 Å². The lowest BCUT2D eigenvalue weighted by Crippen LogP contribution is -2.47. The number of hydrogen-bond donors (Lipinski definition) is 2. The van der Waals surface area contributed by atoms with Gasteiger partial charge in [-0.15, -0.1) is 12.3 Å². The molecule has 1 heterocycles. The molecule has 1 fully saturated rings. The van der Waals surface area contributed by atoms with Crippen LogP contribution in [0.2, 0.25) is 0 Å². The van der Waals surface area contributed by atoms with Crippen molar-refractivity contribution in [2.24, 2.45) is 5.92 Å². The maximum Gasteiger partial charge on any atom is 0.327 e. The summed E-state index contributed by atoms with van der Waals surface area (Å²) in [4.78, 5) is 35.6. The van der Waals surface area contributed by atoms with Crippen molar-refractivity contribution in [2.45, 2.75) is 32.2 Å². The van der Waals surface area contributed by atoms with E-state index < -0.39 is 12.0 Å². The van der Waals surface area contributed by atoms with Gasteiger partial charge in [-0.25, -0.2) is 4.79 Å². The van der Waals surface area contributed by atoms with E-state index in [2.05, 4.69) is 11.2 Å². The van der Waals surface area contributed by atoms with Crippen LogP contribution in [0.15, 0.2) is 0 Å². The number of carboxylic acids is 1. The molecule has 1 aliphatic heterocycles. The highest BCUT2D eigenvalue weighted by molar-refractivity contribution is 5.85. The SMILES string of the molecule is C#CCC(NC(=O)C1CCN(C(C)=O)CC1)C(=O)O. The number of aliphatic carboxylic acids is 1. The number of piperidine rings is 1. The van der Waals surface area contributed by atoms with E-state index in [1.807, 2.05) is 0 Å². The summed E-state index contributed by atoms with van der Waals surface area (Å²) in [5.74, 6) is 0.539. The second-order valence-electron chi connectivity index (χ2n) is 4.59. The Hall–Kier alpha value is -2.03. The zero-order valence-electron chi connectivity index (χ0n) is 10.9. The number of carbonyl (C=O) groups is 3. The van der Waals surface area contributed by atoms with Crippen molar-refractivity contribution >= 4 is 17.8 Å². The Morgan fingerprint density at radius 2 is 2.00 bits per heavy atom. The van der Waals surface area contributed by atoms with E-state index in [0.717, 1.165) is 0 Å². The molecule has 2 N–H and O–H groups in total. The van der Waals surface area contributed by atoms with Crippen molar-refractivity contribution in [3.8, 4) is 12.3 Å². The first-order chi connectivity index (χ1) is 8.95. The van der Waals surface area contributed by atoms with E-state index in [9.17, 15) is 14.4 Å². The number of hydrogen-bond acceptors (Lipinski definition) is 3. The molecule has 0 aromatic rings. The number of carbonyl (C=O) groups excluding carboxylic acids is 2. The van der Waals surface area contributed by atoms with Crippen LogP contribution in [0, 0.1) is 18.3 Å². The molecule has 1 unspecified atom stereocenters. The first-order valence-corrected chi connectivity index (χ1v) is 6.18. The minimum Gasteiger partial charge on any atom is -0.480 e. The van der Waals surface area contributed by atoms with Crippen molar-refractivity contribution < 1.29 is 19.5 Å². The molecule has 1 aliphatic rings. The smallest absolute Gasteiger partial charge is 0.327 e. The van der Waals surface area contributed by atoms with Gasteiger partial charge in [0, 0.05) is 32.4 Å². The highest BCUT2D eigenvalue weighted by Gasteiger charge is 2.28. The molecule has 0 bridgehead atoms. The van der Waals surface area contributed by atoms with E-state index in [-0.39, 0.29) is 24.2 Å². The van der Waals surface area contributed by atoms with Crippen molar-refractivity contribution in [1.29, 1.82) is 0 Å². The number of carboxylic acid groups (broad SMARTS) is 1. The highest BCUT2D eigenvalue weighted by Crippen LogP contribution is 2.17. The predicted molar refractivity (Wildman–Crippen MR) is 68.0 cm³/mol. The quantitative estimate of drug-likeness (QED) is 0.692. The van der Waals surface area contributed by atoms with Gasteiger partial charge in [0.1, 0.15) is 6.04 Å². The molecule has 0 aromatic carbocycles. The van der Waals surface area contributed by atoms with Crippen molar-refractivity contribution in [3.05, 3.63) is 0 Å². The van der Waals surface area contributed by atoms with Crippen molar-refractivity contribution in [1.82, 2.24) is 10.2 Å². The lowest BCUT2D eigenvalue weighted by atomic mass is 9.95. The summed E-state index contributed by atoms with van der Waals surface area (Å²) in [6.07, 6.45) is 6.13. The first kappa shape index (κ1) is 15.0. The normalized spacial score (nSPS) is 17.4. The van der Waals surface area contributed by atoms with Crippen LogP contribution < -0.4 is 5.32 Å². The third-order valence-corrected chi connectivity index (χ3v) is 3.25. The molecule has 0 saturated carbocycles. The molecule has 0 aliphatic carbocycles. The van der Waals surface area contributed by atoms with Gasteiger partial charge in [0.25, 0.3) is 0 Å². The molecular weight excluding hydrogens is 248 g/mol. The van der Waals surface area contributed by atoms with Gasteiger partial charge in [-0.3, -0.25) is 9.59 Å². The number of likely N-dealkylation sites (tertiary alicyclic amines) is 1. The second-order valence-corrected chi connectivity index (χ2v) is 4.59.